The van der Waals surface area contributed by atoms with Gasteiger partial charge in [0.05, 0.1) is 12.2 Å². The Morgan fingerprint density at radius 3 is 2.75 bits per heavy atom. The first-order valence-electron chi connectivity index (χ1n) is 8.57. The van der Waals surface area contributed by atoms with Crippen LogP contribution in [-0.4, -0.2) is 48.6 Å². The van der Waals surface area contributed by atoms with Gasteiger partial charge in [0.25, 0.3) is 0 Å². The van der Waals surface area contributed by atoms with Crippen LogP contribution in [0, 0.1) is 0 Å². The second kappa shape index (κ2) is 9.91. The van der Waals surface area contributed by atoms with Crippen molar-refractivity contribution >= 4 is 41.3 Å². The van der Waals surface area contributed by atoms with Crippen LogP contribution in [0.2, 0.25) is 0 Å². The Labute approximate surface area is 167 Å². The summed E-state index contributed by atoms with van der Waals surface area (Å²) >= 11 is 1.71. The van der Waals surface area contributed by atoms with E-state index in [4.69, 9.17) is 4.98 Å². The van der Waals surface area contributed by atoms with Crippen LogP contribution in [0.3, 0.4) is 0 Å². The Bertz CT molecular complexity index is 523. The van der Waals surface area contributed by atoms with E-state index in [9.17, 15) is 0 Å². The van der Waals surface area contributed by atoms with Crippen molar-refractivity contribution in [2.45, 2.75) is 58.5 Å². The predicted molar refractivity (Wildman–Crippen MR) is 115 cm³/mol. The smallest absolute Gasteiger partial charge is 0.191 e. The zero-order valence-corrected chi connectivity index (χ0v) is 18.7. The molecule has 2 N–H and O–H groups in total. The summed E-state index contributed by atoms with van der Waals surface area (Å²) in [6.45, 7) is 12.9. The summed E-state index contributed by atoms with van der Waals surface area (Å²) in [4.78, 5) is 11.6. The van der Waals surface area contributed by atoms with Crippen LogP contribution in [0.5, 0.6) is 0 Å². The molecule has 0 radical (unpaired) electrons. The van der Waals surface area contributed by atoms with Crippen molar-refractivity contribution < 1.29 is 0 Å². The van der Waals surface area contributed by atoms with Crippen molar-refractivity contribution in [3.8, 4) is 0 Å². The largest absolute Gasteiger partial charge is 0.355 e. The molecule has 1 aliphatic rings. The molecule has 5 nitrogen and oxygen atoms in total. The molecule has 1 fully saturated rings. The number of guanidine groups is 1. The Kier molecular flexibility index (Phi) is 8.94. The lowest BCUT2D eigenvalue weighted by Gasteiger charge is -2.23. The lowest BCUT2D eigenvalue weighted by Crippen LogP contribution is -2.44. The minimum absolute atomic E-state index is 0. The Hall–Kier alpha value is -0.410. The third-order valence-electron chi connectivity index (χ3n) is 4.36. The van der Waals surface area contributed by atoms with Gasteiger partial charge in [-0.1, -0.05) is 27.7 Å². The zero-order chi connectivity index (χ0) is 16.9. The van der Waals surface area contributed by atoms with Crippen molar-refractivity contribution in [3.63, 3.8) is 0 Å². The van der Waals surface area contributed by atoms with E-state index in [2.05, 4.69) is 53.6 Å². The quantitative estimate of drug-likeness (QED) is 0.399. The monoisotopic (exact) mass is 465 g/mol. The SMILES string of the molecule is CCN1CCCC1CNC(=NC)NCc1nc(C(C)(C)C)cs1.I. The van der Waals surface area contributed by atoms with Gasteiger partial charge < -0.3 is 10.6 Å². The van der Waals surface area contributed by atoms with Crippen LogP contribution in [0.15, 0.2) is 10.4 Å². The van der Waals surface area contributed by atoms with Gasteiger partial charge in [-0.2, -0.15) is 0 Å². The Morgan fingerprint density at radius 1 is 1.42 bits per heavy atom. The maximum absolute atomic E-state index is 4.72. The minimum atomic E-state index is 0. The standard InChI is InChI=1S/C17H31N5S.HI/c1-6-22-9-7-8-13(22)10-19-16(18-5)20-11-15-21-14(12-23-15)17(2,3)4;/h12-13H,6-11H2,1-5H3,(H2,18,19,20);1H. The van der Waals surface area contributed by atoms with E-state index in [1.807, 2.05) is 7.05 Å². The highest BCUT2D eigenvalue weighted by Crippen LogP contribution is 2.23. The molecule has 1 aromatic heterocycles. The molecule has 1 aromatic rings. The van der Waals surface area contributed by atoms with E-state index in [0.29, 0.717) is 6.04 Å². The van der Waals surface area contributed by atoms with Crippen LogP contribution in [0.4, 0.5) is 0 Å². The van der Waals surface area contributed by atoms with Crippen molar-refractivity contribution in [1.29, 1.82) is 0 Å². The first-order valence-corrected chi connectivity index (χ1v) is 9.45. The van der Waals surface area contributed by atoms with Gasteiger partial charge in [0.1, 0.15) is 5.01 Å². The molecule has 0 bridgehead atoms. The zero-order valence-electron chi connectivity index (χ0n) is 15.6. The maximum atomic E-state index is 4.72. The molecule has 1 saturated heterocycles. The van der Waals surface area contributed by atoms with Crippen LogP contribution in [0.1, 0.15) is 51.2 Å². The van der Waals surface area contributed by atoms with Gasteiger partial charge in [-0.05, 0) is 25.9 Å². The molecule has 0 aliphatic carbocycles. The van der Waals surface area contributed by atoms with Crippen LogP contribution in [-0.2, 0) is 12.0 Å². The first kappa shape index (κ1) is 21.6. The number of hydrogen-bond donors (Lipinski definition) is 2. The summed E-state index contributed by atoms with van der Waals surface area (Å²) in [5.74, 6) is 0.862. The second-order valence-electron chi connectivity index (χ2n) is 7.11. The summed E-state index contributed by atoms with van der Waals surface area (Å²) in [6, 6.07) is 0.630. The number of likely N-dealkylation sites (N-methyl/N-ethyl adjacent to an activating group) is 1. The van der Waals surface area contributed by atoms with E-state index < -0.39 is 0 Å². The summed E-state index contributed by atoms with van der Waals surface area (Å²) < 4.78 is 0. The highest BCUT2D eigenvalue weighted by atomic mass is 127. The molecule has 0 aromatic carbocycles. The molecule has 1 unspecified atom stereocenters. The van der Waals surface area contributed by atoms with Gasteiger partial charge in [-0.3, -0.25) is 9.89 Å². The fraction of sp³-hybridized carbons (Fsp3) is 0.765. The molecule has 24 heavy (non-hydrogen) atoms. The first-order chi connectivity index (χ1) is 10.9. The lowest BCUT2D eigenvalue weighted by atomic mass is 9.93. The minimum Gasteiger partial charge on any atom is -0.355 e. The molecule has 7 heteroatoms. The number of nitrogens with zero attached hydrogens (tertiary/aromatic N) is 3. The van der Waals surface area contributed by atoms with Gasteiger partial charge in [0.2, 0.25) is 0 Å². The molecule has 1 atom stereocenters. The van der Waals surface area contributed by atoms with E-state index in [1.165, 1.54) is 19.4 Å². The van der Waals surface area contributed by atoms with Crippen LogP contribution >= 0.6 is 35.3 Å². The third-order valence-corrected chi connectivity index (χ3v) is 5.21. The molecule has 1 aliphatic heterocycles. The summed E-state index contributed by atoms with van der Waals surface area (Å²) in [6.07, 6.45) is 2.58. The third kappa shape index (κ3) is 6.15. The maximum Gasteiger partial charge on any atom is 0.191 e. The number of hydrogen-bond acceptors (Lipinski definition) is 4. The van der Waals surface area contributed by atoms with Crippen LogP contribution in [0.25, 0.3) is 0 Å². The van der Waals surface area contributed by atoms with Crippen LogP contribution < -0.4 is 10.6 Å². The van der Waals surface area contributed by atoms with Gasteiger partial charge in [-0.25, -0.2) is 4.98 Å². The topological polar surface area (TPSA) is 52.5 Å². The van der Waals surface area contributed by atoms with Gasteiger partial charge in [0.15, 0.2) is 5.96 Å². The highest BCUT2D eigenvalue weighted by Gasteiger charge is 2.22. The fourth-order valence-corrected chi connectivity index (χ4v) is 3.83. The summed E-state index contributed by atoms with van der Waals surface area (Å²) in [5.41, 5.74) is 1.27. The molecule has 2 rings (SSSR count). The average Bonchev–Trinajstić information content (AvgIpc) is 3.15. The van der Waals surface area contributed by atoms with Crippen molar-refractivity contribution in [2.75, 3.05) is 26.7 Å². The number of aromatic nitrogens is 1. The van der Waals surface area contributed by atoms with Crippen molar-refractivity contribution in [3.05, 3.63) is 16.1 Å². The molecular formula is C17H32IN5S. The van der Waals surface area contributed by atoms with Gasteiger partial charge >= 0.3 is 0 Å². The number of nitrogens with one attached hydrogen (secondary N) is 2. The van der Waals surface area contributed by atoms with E-state index >= 15 is 0 Å². The van der Waals surface area contributed by atoms with E-state index in [1.54, 1.807) is 11.3 Å². The number of likely N-dealkylation sites (tertiary alicyclic amines) is 1. The average molecular weight is 465 g/mol. The number of aliphatic imine (C=N–C) groups is 1. The molecule has 138 valence electrons. The predicted octanol–water partition coefficient (Wildman–Crippen LogP) is 3.21. The van der Waals surface area contributed by atoms with E-state index in [0.717, 1.165) is 36.3 Å². The second-order valence-corrected chi connectivity index (χ2v) is 8.05. The number of rotatable bonds is 5. The summed E-state index contributed by atoms with van der Waals surface area (Å²) in [7, 11) is 1.82. The Morgan fingerprint density at radius 2 is 2.17 bits per heavy atom. The van der Waals surface area contributed by atoms with Crippen molar-refractivity contribution in [1.82, 2.24) is 20.5 Å². The number of thiazole rings is 1. The molecule has 0 spiro atoms. The molecular weight excluding hydrogens is 433 g/mol. The highest BCUT2D eigenvalue weighted by molar-refractivity contribution is 14.0. The Balaban J connectivity index is 0.00000288. The van der Waals surface area contributed by atoms with Gasteiger partial charge in [-0.15, -0.1) is 35.3 Å². The molecule has 2 heterocycles. The van der Waals surface area contributed by atoms with Crippen molar-refractivity contribution in [2.24, 2.45) is 4.99 Å². The summed E-state index contributed by atoms with van der Waals surface area (Å²) in [5, 5.41) is 10.1. The van der Waals surface area contributed by atoms with E-state index in [-0.39, 0.29) is 29.4 Å². The fourth-order valence-electron chi connectivity index (χ4n) is 2.87. The molecule has 0 amide bonds. The molecule has 0 saturated carbocycles. The number of halogens is 1. The normalized spacial score (nSPS) is 19.2. The van der Waals surface area contributed by atoms with Gasteiger partial charge in [0, 0.05) is 30.4 Å². The lowest BCUT2D eigenvalue weighted by molar-refractivity contribution is 0.267.